The number of aromatic carboxylic acids is 1. The van der Waals surface area contributed by atoms with Gasteiger partial charge in [-0.3, -0.25) is 19.3 Å². The van der Waals surface area contributed by atoms with Gasteiger partial charge in [0, 0.05) is 23.3 Å². The van der Waals surface area contributed by atoms with Crippen LogP contribution in [0.25, 0.3) is 11.8 Å². The summed E-state index contributed by atoms with van der Waals surface area (Å²) in [5.74, 6) is -2.02. The number of aromatic nitrogens is 1. The Morgan fingerprint density at radius 2 is 1.68 bits per heavy atom. The van der Waals surface area contributed by atoms with Gasteiger partial charge in [0.05, 0.1) is 10.5 Å². The Morgan fingerprint density at radius 3 is 2.32 bits per heavy atom. The van der Waals surface area contributed by atoms with Crippen molar-refractivity contribution in [3.05, 3.63) is 88.1 Å². The number of thioether (sulfide) groups is 1. The van der Waals surface area contributed by atoms with Crippen LogP contribution in [-0.4, -0.2) is 44.1 Å². The first-order chi connectivity index (χ1) is 16.2. The van der Waals surface area contributed by atoms with E-state index in [-0.39, 0.29) is 17.0 Å². The molecule has 0 radical (unpaired) electrons. The largest absolute Gasteiger partial charge is 0.478 e. The Bertz CT molecular complexity index is 1320. The van der Waals surface area contributed by atoms with Crippen molar-refractivity contribution in [2.24, 2.45) is 0 Å². The SMILES string of the molecule is Cc1cccc(C)c1NC(=O)CN1C(=O)S/C(=C\c2cccn2-c2ccc(C(=O)O)cc2)C1=O. The van der Waals surface area contributed by atoms with Crippen LogP contribution < -0.4 is 5.32 Å². The van der Waals surface area contributed by atoms with E-state index in [2.05, 4.69) is 5.32 Å². The third-order valence-electron chi connectivity index (χ3n) is 5.37. The highest BCUT2D eigenvalue weighted by Gasteiger charge is 2.36. The second-order valence-electron chi connectivity index (χ2n) is 7.74. The lowest BCUT2D eigenvalue weighted by molar-refractivity contribution is -0.127. The fraction of sp³-hybridized carbons (Fsp3) is 0.120. The second kappa shape index (κ2) is 9.40. The molecule has 1 aromatic heterocycles. The smallest absolute Gasteiger partial charge is 0.335 e. The van der Waals surface area contributed by atoms with Gasteiger partial charge in [0.25, 0.3) is 11.1 Å². The molecular weight excluding hydrogens is 454 g/mol. The van der Waals surface area contributed by atoms with Crippen molar-refractivity contribution >= 4 is 46.5 Å². The standard InChI is InChI=1S/C25H21N3O5S/c1-15-5-3-6-16(2)22(15)26-21(29)14-28-23(30)20(34-25(28)33)13-19-7-4-12-27(19)18-10-8-17(9-11-18)24(31)32/h3-13H,14H2,1-2H3,(H,26,29)(H,31,32)/b20-13-. The van der Waals surface area contributed by atoms with E-state index < -0.39 is 23.0 Å². The molecule has 0 aliphatic carbocycles. The second-order valence-corrected chi connectivity index (χ2v) is 8.73. The van der Waals surface area contributed by atoms with Gasteiger partial charge in [0.1, 0.15) is 6.54 Å². The fourth-order valence-corrected chi connectivity index (χ4v) is 4.44. The number of para-hydroxylation sites is 1. The molecule has 8 nitrogen and oxygen atoms in total. The van der Waals surface area contributed by atoms with Crippen LogP contribution in [0.2, 0.25) is 0 Å². The number of amides is 3. The van der Waals surface area contributed by atoms with Gasteiger partial charge in [-0.2, -0.15) is 0 Å². The number of nitrogens with zero attached hydrogens (tertiary/aromatic N) is 2. The lowest BCUT2D eigenvalue weighted by Gasteiger charge is -2.15. The van der Waals surface area contributed by atoms with Crippen molar-refractivity contribution in [1.29, 1.82) is 0 Å². The van der Waals surface area contributed by atoms with Crippen molar-refractivity contribution in [1.82, 2.24) is 9.47 Å². The number of carboxylic acid groups (broad SMARTS) is 1. The average Bonchev–Trinajstić information content (AvgIpc) is 3.36. The minimum atomic E-state index is -1.02. The summed E-state index contributed by atoms with van der Waals surface area (Å²) in [6.07, 6.45) is 3.35. The van der Waals surface area contributed by atoms with Gasteiger partial charge < -0.3 is 15.0 Å². The summed E-state index contributed by atoms with van der Waals surface area (Å²) in [4.78, 5) is 50.2. The molecule has 1 aliphatic rings. The summed E-state index contributed by atoms with van der Waals surface area (Å²) < 4.78 is 1.77. The van der Waals surface area contributed by atoms with Crippen molar-refractivity contribution in [3.63, 3.8) is 0 Å². The molecule has 4 rings (SSSR count). The minimum Gasteiger partial charge on any atom is -0.478 e. The molecule has 3 amide bonds. The quantitative estimate of drug-likeness (QED) is 0.510. The van der Waals surface area contributed by atoms with Gasteiger partial charge in [0.2, 0.25) is 5.91 Å². The van der Waals surface area contributed by atoms with Crippen molar-refractivity contribution < 1.29 is 24.3 Å². The number of rotatable bonds is 6. The molecule has 1 fully saturated rings. The van der Waals surface area contributed by atoms with E-state index in [1.54, 1.807) is 41.1 Å². The Morgan fingerprint density at radius 1 is 1.00 bits per heavy atom. The maximum Gasteiger partial charge on any atom is 0.335 e. The number of carboxylic acids is 1. The van der Waals surface area contributed by atoms with Gasteiger partial charge in [-0.25, -0.2) is 4.79 Å². The maximum absolute atomic E-state index is 12.9. The molecule has 0 atom stereocenters. The van der Waals surface area contributed by atoms with E-state index >= 15 is 0 Å². The molecule has 3 aromatic rings. The Balaban J connectivity index is 1.51. The van der Waals surface area contributed by atoms with E-state index in [4.69, 9.17) is 5.11 Å². The predicted octanol–water partition coefficient (Wildman–Crippen LogP) is 4.47. The van der Waals surface area contributed by atoms with E-state index in [1.165, 1.54) is 12.1 Å². The monoisotopic (exact) mass is 475 g/mol. The van der Waals surface area contributed by atoms with E-state index in [1.807, 2.05) is 32.0 Å². The molecule has 1 saturated heterocycles. The summed E-state index contributed by atoms with van der Waals surface area (Å²) in [7, 11) is 0. The van der Waals surface area contributed by atoms with Crippen molar-refractivity contribution in [2.45, 2.75) is 13.8 Å². The van der Waals surface area contributed by atoms with E-state index in [9.17, 15) is 19.2 Å². The van der Waals surface area contributed by atoms with Crippen LogP contribution in [0.5, 0.6) is 0 Å². The Kier molecular flexibility index (Phi) is 6.38. The van der Waals surface area contributed by atoms with Crippen LogP contribution in [0.4, 0.5) is 10.5 Å². The molecule has 172 valence electrons. The maximum atomic E-state index is 12.9. The summed E-state index contributed by atoms with van der Waals surface area (Å²) in [6, 6.07) is 15.5. The number of nitrogens with one attached hydrogen (secondary N) is 1. The van der Waals surface area contributed by atoms with Crippen LogP contribution in [0.1, 0.15) is 27.2 Å². The van der Waals surface area contributed by atoms with Gasteiger partial charge in [-0.1, -0.05) is 18.2 Å². The summed E-state index contributed by atoms with van der Waals surface area (Å²) >= 11 is 0.772. The lowest BCUT2D eigenvalue weighted by atomic mass is 10.1. The van der Waals surface area contributed by atoms with Crippen molar-refractivity contribution in [3.8, 4) is 5.69 Å². The van der Waals surface area contributed by atoms with Gasteiger partial charge in [-0.15, -0.1) is 0 Å². The molecular formula is C25H21N3O5S. The number of carbonyl (C=O) groups excluding carboxylic acids is 3. The Labute approximate surface area is 199 Å². The third kappa shape index (κ3) is 4.65. The van der Waals surface area contributed by atoms with Crippen LogP contribution in [0.15, 0.2) is 65.7 Å². The summed E-state index contributed by atoms with van der Waals surface area (Å²) in [5, 5.41) is 11.4. The van der Waals surface area contributed by atoms with Crippen LogP contribution in [0.3, 0.4) is 0 Å². The number of benzene rings is 2. The lowest BCUT2D eigenvalue weighted by Crippen LogP contribution is -2.36. The number of carbonyl (C=O) groups is 4. The normalized spacial score (nSPS) is 14.6. The van der Waals surface area contributed by atoms with Gasteiger partial charge in [-0.05, 0) is 79.2 Å². The topological polar surface area (TPSA) is 109 Å². The highest BCUT2D eigenvalue weighted by Crippen LogP contribution is 2.32. The Hall–Kier alpha value is -4.11. The first kappa shape index (κ1) is 23.1. The molecule has 34 heavy (non-hydrogen) atoms. The molecule has 0 saturated carbocycles. The number of hydrogen-bond acceptors (Lipinski definition) is 5. The fourth-order valence-electron chi connectivity index (χ4n) is 3.62. The van der Waals surface area contributed by atoms with Gasteiger partial charge in [0.15, 0.2) is 0 Å². The minimum absolute atomic E-state index is 0.165. The van der Waals surface area contributed by atoms with E-state index in [0.717, 1.165) is 27.8 Å². The number of imide groups is 1. The highest BCUT2D eigenvalue weighted by atomic mass is 32.2. The zero-order valence-corrected chi connectivity index (χ0v) is 19.3. The number of aryl methyl sites for hydroxylation is 2. The molecule has 0 bridgehead atoms. The average molecular weight is 476 g/mol. The molecule has 0 unspecified atom stereocenters. The zero-order valence-electron chi connectivity index (χ0n) is 18.4. The first-order valence-corrected chi connectivity index (χ1v) is 11.2. The molecule has 2 N–H and O–H groups in total. The van der Waals surface area contributed by atoms with Gasteiger partial charge >= 0.3 is 5.97 Å². The van der Waals surface area contributed by atoms with Crippen LogP contribution >= 0.6 is 11.8 Å². The van der Waals surface area contributed by atoms with Crippen molar-refractivity contribution in [2.75, 3.05) is 11.9 Å². The molecule has 9 heteroatoms. The predicted molar refractivity (Wildman–Crippen MR) is 130 cm³/mol. The molecule has 2 aromatic carbocycles. The highest BCUT2D eigenvalue weighted by molar-refractivity contribution is 8.18. The summed E-state index contributed by atoms with van der Waals surface area (Å²) in [5.41, 5.74) is 3.94. The first-order valence-electron chi connectivity index (χ1n) is 10.4. The zero-order chi connectivity index (χ0) is 24.4. The number of anilines is 1. The third-order valence-corrected chi connectivity index (χ3v) is 6.28. The molecule has 2 heterocycles. The van der Waals surface area contributed by atoms with Crippen LogP contribution in [0, 0.1) is 13.8 Å². The van der Waals surface area contributed by atoms with E-state index in [0.29, 0.717) is 17.1 Å². The molecule has 1 aliphatic heterocycles. The summed E-state index contributed by atoms with van der Waals surface area (Å²) in [6.45, 7) is 3.36. The molecule has 0 spiro atoms. The number of hydrogen-bond donors (Lipinski definition) is 2. The van der Waals surface area contributed by atoms with Crippen LogP contribution in [-0.2, 0) is 9.59 Å².